The molecule has 0 radical (unpaired) electrons. The van der Waals surface area contributed by atoms with E-state index >= 15 is 0 Å². The molecule has 8 nitrogen and oxygen atoms in total. The van der Waals surface area contributed by atoms with Crippen LogP contribution in [0, 0.1) is 11.6 Å². The van der Waals surface area contributed by atoms with Gasteiger partial charge in [-0.25, -0.2) is 13.6 Å². The summed E-state index contributed by atoms with van der Waals surface area (Å²) in [6.45, 7) is 0. The molecule has 0 unspecified atom stereocenters. The van der Waals surface area contributed by atoms with Crippen molar-refractivity contribution in [3.05, 3.63) is 82.6 Å². The molecule has 1 aliphatic rings. The van der Waals surface area contributed by atoms with E-state index in [2.05, 4.69) is 20.8 Å². The Hall–Kier alpha value is -3.95. The number of benzene rings is 2. The Labute approximate surface area is 162 Å². The van der Waals surface area contributed by atoms with Crippen molar-refractivity contribution >= 4 is 17.7 Å². The van der Waals surface area contributed by atoms with Crippen molar-refractivity contribution in [2.24, 2.45) is 0 Å². The maximum atomic E-state index is 13.9. The summed E-state index contributed by atoms with van der Waals surface area (Å²) in [5.74, 6) is -2.39. The Kier molecular flexibility index (Phi) is 4.59. The molecule has 0 bridgehead atoms. The highest BCUT2D eigenvalue weighted by atomic mass is 19.1. The standard InChI is InChI=1S/C19H13F2N5O3/c1-29-18(28)15-14(17(27)10-5-7-12(20)8-6-10)16(11-3-2-4-13(21)9-11)26-19(22-15)23-24-25-26/h2-9,16H,1H3,(H,22,23,25)/t16-/m1/s1. The Morgan fingerprint density at radius 2 is 1.86 bits per heavy atom. The molecule has 1 N–H and O–H groups in total. The number of esters is 1. The predicted molar refractivity (Wildman–Crippen MR) is 95.8 cm³/mol. The van der Waals surface area contributed by atoms with Crippen LogP contribution in [0.1, 0.15) is 22.0 Å². The molecule has 29 heavy (non-hydrogen) atoms. The van der Waals surface area contributed by atoms with Crippen LogP contribution in [0.2, 0.25) is 0 Å². The molecule has 4 rings (SSSR count). The maximum absolute atomic E-state index is 13.9. The summed E-state index contributed by atoms with van der Waals surface area (Å²) in [6.07, 6.45) is 0. The summed E-state index contributed by atoms with van der Waals surface area (Å²) < 4.78 is 33.3. The Balaban J connectivity index is 1.95. The van der Waals surface area contributed by atoms with E-state index in [-0.39, 0.29) is 22.8 Å². The summed E-state index contributed by atoms with van der Waals surface area (Å²) in [5, 5.41) is 13.9. The van der Waals surface area contributed by atoms with E-state index in [1.807, 2.05) is 0 Å². The second kappa shape index (κ2) is 7.23. The third kappa shape index (κ3) is 3.24. The average Bonchev–Trinajstić information content (AvgIpc) is 3.20. The Bertz CT molecular complexity index is 1140. The molecule has 1 aliphatic heterocycles. The smallest absolute Gasteiger partial charge is 0.355 e. The number of aromatic nitrogens is 4. The molecular formula is C19H13F2N5O3. The van der Waals surface area contributed by atoms with E-state index in [0.29, 0.717) is 5.56 Å². The van der Waals surface area contributed by atoms with E-state index in [1.54, 1.807) is 6.07 Å². The monoisotopic (exact) mass is 397 g/mol. The van der Waals surface area contributed by atoms with Gasteiger partial charge in [-0.3, -0.25) is 4.79 Å². The number of ketones is 1. The van der Waals surface area contributed by atoms with Gasteiger partial charge in [-0.2, -0.15) is 4.68 Å². The van der Waals surface area contributed by atoms with E-state index in [4.69, 9.17) is 4.74 Å². The van der Waals surface area contributed by atoms with E-state index in [0.717, 1.165) is 19.2 Å². The number of tetrazole rings is 1. The molecule has 0 spiro atoms. The minimum Gasteiger partial charge on any atom is -0.464 e. The summed E-state index contributed by atoms with van der Waals surface area (Å²) in [5.41, 5.74) is 0.224. The van der Waals surface area contributed by atoms with Crippen LogP contribution < -0.4 is 5.32 Å². The number of hydrogen-bond acceptors (Lipinski definition) is 7. The Morgan fingerprint density at radius 3 is 2.55 bits per heavy atom. The van der Waals surface area contributed by atoms with Gasteiger partial charge in [-0.15, -0.1) is 0 Å². The fourth-order valence-corrected chi connectivity index (χ4v) is 3.13. The van der Waals surface area contributed by atoms with Crippen molar-refractivity contribution in [2.75, 3.05) is 12.4 Å². The van der Waals surface area contributed by atoms with Crippen LogP contribution in [0.3, 0.4) is 0 Å². The number of carbonyl (C=O) groups excluding carboxylic acids is 2. The number of nitrogens with one attached hydrogen (secondary N) is 1. The second-order valence-corrected chi connectivity index (χ2v) is 6.15. The third-order valence-corrected chi connectivity index (χ3v) is 4.42. The van der Waals surface area contributed by atoms with Gasteiger partial charge >= 0.3 is 5.97 Å². The lowest BCUT2D eigenvalue weighted by atomic mass is 9.89. The zero-order chi connectivity index (χ0) is 20.5. The van der Waals surface area contributed by atoms with Gasteiger partial charge in [0.05, 0.1) is 12.7 Å². The number of rotatable bonds is 4. The minimum absolute atomic E-state index is 0.0612. The lowest BCUT2D eigenvalue weighted by Crippen LogP contribution is -2.33. The van der Waals surface area contributed by atoms with Crippen molar-refractivity contribution in [1.29, 1.82) is 0 Å². The quantitative estimate of drug-likeness (QED) is 0.533. The van der Waals surface area contributed by atoms with Gasteiger partial charge in [0, 0.05) is 5.56 Å². The topological polar surface area (TPSA) is 99.0 Å². The first-order chi connectivity index (χ1) is 14.0. The second-order valence-electron chi connectivity index (χ2n) is 6.15. The number of carbonyl (C=O) groups is 2. The van der Waals surface area contributed by atoms with Crippen LogP contribution in [-0.4, -0.2) is 39.1 Å². The average molecular weight is 397 g/mol. The zero-order valence-corrected chi connectivity index (χ0v) is 15.0. The lowest BCUT2D eigenvalue weighted by molar-refractivity contribution is -0.136. The Morgan fingerprint density at radius 1 is 1.10 bits per heavy atom. The largest absolute Gasteiger partial charge is 0.464 e. The van der Waals surface area contributed by atoms with Gasteiger partial charge < -0.3 is 10.1 Å². The van der Waals surface area contributed by atoms with Gasteiger partial charge in [0.1, 0.15) is 23.4 Å². The number of methoxy groups -OCH3 is 1. The number of hydrogen-bond donors (Lipinski definition) is 1. The van der Waals surface area contributed by atoms with E-state index < -0.39 is 29.4 Å². The first-order valence-electron chi connectivity index (χ1n) is 8.42. The first kappa shape index (κ1) is 18.4. The molecule has 10 heteroatoms. The SMILES string of the molecule is COC(=O)C1=C(C(=O)c2ccc(F)cc2)[C@@H](c2cccc(F)c2)n2nnnc2N1. The number of ether oxygens (including phenoxy) is 1. The first-order valence-corrected chi connectivity index (χ1v) is 8.42. The van der Waals surface area contributed by atoms with Crippen molar-refractivity contribution in [3.63, 3.8) is 0 Å². The lowest BCUT2D eigenvalue weighted by Gasteiger charge is -2.28. The number of nitrogens with zero attached hydrogens (tertiary/aromatic N) is 4. The van der Waals surface area contributed by atoms with Gasteiger partial charge in [-0.05, 0) is 52.4 Å². The van der Waals surface area contributed by atoms with Crippen LogP contribution in [-0.2, 0) is 9.53 Å². The molecule has 2 aromatic carbocycles. The zero-order valence-electron chi connectivity index (χ0n) is 15.0. The minimum atomic E-state index is -1.01. The van der Waals surface area contributed by atoms with Gasteiger partial charge in [0.15, 0.2) is 5.78 Å². The predicted octanol–water partition coefficient (Wildman–Crippen LogP) is 2.28. The van der Waals surface area contributed by atoms with Gasteiger partial charge in [0.25, 0.3) is 0 Å². The number of halogens is 2. The molecule has 0 amide bonds. The van der Waals surface area contributed by atoms with Crippen LogP contribution >= 0.6 is 0 Å². The van der Waals surface area contributed by atoms with Gasteiger partial charge in [-0.1, -0.05) is 17.2 Å². The van der Waals surface area contributed by atoms with Crippen molar-refractivity contribution in [2.45, 2.75) is 6.04 Å². The highest BCUT2D eigenvalue weighted by molar-refractivity contribution is 6.14. The van der Waals surface area contributed by atoms with Gasteiger partial charge in [0.2, 0.25) is 5.95 Å². The summed E-state index contributed by atoms with van der Waals surface area (Å²) in [4.78, 5) is 25.8. The summed E-state index contributed by atoms with van der Waals surface area (Å²) >= 11 is 0. The number of anilines is 1. The van der Waals surface area contributed by atoms with Crippen LogP contribution in [0.5, 0.6) is 0 Å². The molecule has 2 heterocycles. The normalized spacial score (nSPS) is 15.5. The maximum Gasteiger partial charge on any atom is 0.355 e. The number of fused-ring (bicyclic) bond motifs is 1. The van der Waals surface area contributed by atoms with Crippen LogP contribution in [0.25, 0.3) is 0 Å². The number of allylic oxidation sites excluding steroid dienone is 1. The highest BCUT2D eigenvalue weighted by Gasteiger charge is 2.38. The number of Topliss-reactive ketones (excluding diaryl/α,β-unsaturated/α-hetero) is 1. The fraction of sp³-hybridized carbons (Fsp3) is 0.105. The van der Waals surface area contributed by atoms with Crippen LogP contribution in [0.4, 0.5) is 14.7 Å². The van der Waals surface area contributed by atoms with E-state index in [1.165, 1.54) is 35.0 Å². The van der Waals surface area contributed by atoms with E-state index in [9.17, 15) is 18.4 Å². The van der Waals surface area contributed by atoms with Crippen molar-refractivity contribution in [1.82, 2.24) is 20.2 Å². The molecule has 0 aliphatic carbocycles. The summed E-state index contributed by atoms with van der Waals surface area (Å²) in [7, 11) is 1.16. The van der Waals surface area contributed by atoms with Crippen LogP contribution in [0.15, 0.2) is 59.8 Å². The molecule has 1 aromatic heterocycles. The third-order valence-electron chi connectivity index (χ3n) is 4.42. The molecule has 3 aromatic rings. The van der Waals surface area contributed by atoms with Crippen molar-refractivity contribution < 1.29 is 23.1 Å². The molecule has 0 saturated heterocycles. The molecule has 0 saturated carbocycles. The molecule has 146 valence electrons. The molecular weight excluding hydrogens is 384 g/mol. The molecule has 0 fully saturated rings. The van der Waals surface area contributed by atoms with Crippen molar-refractivity contribution in [3.8, 4) is 0 Å². The fourth-order valence-electron chi connectivity index (χ4n) is 3.13. The summed E-state index contributed by atoms with van der Waals surface area (Å²) in [6, 6.07) is 9.33. The highest BCUT2D eigenvalue weighted by Crippen LogP contribution is 2.36. The molecule has 1 atom stereocenters.